The normalized spacial score (nSPS) is 13.9. The Morgan fingerprint density at radius 2 is 2.19 bits per heavy atom. The second-order valence-corrected chi connectivity index (χ2v) is 8.65. The molecule has 2 heterocycles. The Bertz CT molecular complexity index is 1060. The summed E-state index contributed by atoms with van der Waals surface area (Å²) in [6.45, 7) is 3.80. The second-order valence-electron chi connectivity index (χ2n) is 6.47. The largest absolute Gasteiger partial charge is 0.309 e. The van der Waals surface area contributed by atoms with Gasteiger partial charge in [0.05, 0.1) is 16.7 Å². The predicted octanol–water partition coefficient (Wildman–Crippen LogP) is 3.28. The molecule has 1 N–H and O–H groups in total. The lowest BCUT2D eigenvalue weighted by molar-refractivity contribution is -0.118. The van der Waals surface area contributed by atoms with Gasteiger partial charge in [0.25, 0.3) is 5.56 Å². The number of H-pyrrole nitrogens is 1. The Morgan fingerprint density at radius 3 is 2.93 bits per heavy atom. The summed E-state index contributed by atoms with van der Waals surface area (Å²) >= 11 is 2.87. The van der Waals surface area contributed by atoms with Crippen molar-refractivity contribution in [1.29, 1.82) is 0 Å². The molecule has 0 saturated heterocycles. The van der Waals surface area contributed by atoms with Gasteiger partial charge in [0, 0.05) is 12.5 Å². The van der Waals surface area contributed by atoms with Crippen LogP contribution in [-0.2, 0) is 10.5 Å². The predicted molar refractivity (Wildman–Crippen MR) is 107 cm³/mol. The molecule has 0 radical (unpaired) electrons. The van der Waals surface area contributed by atoms with Gasteiger partial charge in [-0.3, -0.25) is 14.5 Å². The molecule has 4 rings (SSSR count). The van der Waals surface area contributed by atoms with E-state index >= 15 is 0 Å². The number of benzene rings is 1. The Labute approximate surface area is 164 Å². The van der Waals surface area contributed by atoms with Gasteiger partial charge in [-0.15, -0.1) is 10.2 Å². The minimum Gasteiger partial charge on any atom is -0.309 e. The summed E-state index contributed by atoms with van der Waals surface area (Å²) in [5.74, 6) is 1.17. The number of hydrogen-bond donors (Lipinski definition) is 1. The molecule has 0 bridgehead atoms. The molecule has 1 aliphatic rings. The van der Waals surface area contributed by atoms with Crippen LogP contribution in [-0.4, -0.2) is 32.1 Å². The molecule has 140 valence electrons. The number of nitrogens with zero attached hydrogens (tertiary/aromatic N) is 4. The van der Waals surface area contributed by atoms with E-state index in [1.54, 1.807) is 11.0 Å². The number of aromatic nitrogens is 4. The number of aromatic amines is 1. The number of carbonyl (C=O) groups excluding carboxylic acids is 1. The van der Waals surface area contributed by atoms with Crippen LogP contribution >= 0.6 is 23.1 Å². The summed E-state index contributed by atoms with van der Waals surface area (Å²) in [5.41, 5.74) is 1.56. The molecule has 1 amide bonds. The fraction of sp³-hybridized carbons (Fsp3) is 0.389. The number of carbonyl (C=O) groups is 1. The standard InChI is InChI=1S/C18H19N5O2S2/c1-3-14(24)23(11-7-8-11)17-21-22-18(27-17)26-9-13-19-15-10(2)5-4-6-12(15)16(25)20-13/h4-6,11H,3,7-9H2,1-2H3,(H,19,20,25). The van der Waals surface area contributed by atoms with E-state index in [-0.39, 0.29) is 17.5 Å². The zero-order chi connectivity index (χ0) is 19.0. The van der Waals surface area contributed by atoms with E-state index in [2.05, 4.69) is 20.2 Å². The quantitative estimate of drug-likeness (QED) is 0.503. The van der Waals surface area contributed by atoms with Crippen molar-refractivity contribution in [2.24, 2.45) is 0 Å². The lowest BCUT2D eigenvalue weighted by atomic mass is 10.1. The number of fused-ring (bicyclic) bond motifs is 1. The molecular formula is C18H19N5O2S2. The highest BCUT2D eigenvalue weighted by molar-refractivity contribution is 8.00. The van der Waals surface area contributed by atoms with Crippen molar-refractivity contribution in [2.45, 2.75) is 49.2 Å². The van der Waals surface area contributed by atoms with E-state index in [9.17, 15) is 9.59 Å². The van der Waals surface area contributed by atoms with E-state index in [4.69, 9.17) is 0 Å². The summed E-state index contributed by atoms with van der Waals surface area (Å²) in [6.07, 6.45) is 2.50. The molecule has 1 saturated carbocycles. The van der Waals surface area contributed by atoms with Gasteiger partial charge in [0.15, 0.2) is 4.34 Å². The summed E-state index contributed by atoms with van der Waals surface area (Å²) in [6, 6.07) is 5.85. The maximum Gasteiger partial charge on any atom is 0.258 e. The van der Waals surface area contributed by atoms with Crippen LogP contribution in [0.3, 0.4) is 0 Å². The average molecular weight is 402 g/mol. The molecular weight excluding hydrogens is 382 g/mol. The maximum absolute atomic E-state index is 12.3. The number of aryl methyl sites for hydroxylation is 1. The summed E-state index contributed by atoms with van der Waals surface area (Å²) in [7, 11) is 0. The molecule has 3 aromatic rings. The zero-order valence-electron chi connectivity index (χ0n) is 15.1. The van der Waals surface area contributed by atoms with Crippen LogP contribution in [0.2, 0.25) is 0 Å². The molecule has 0 spiro atoms. The molecule has 2 aromatic heterocycles. The fourth-order valence-electron chi connectivity index (χ4n) is 2.88. The van der Waals surface area contributed by atoms with Crippen LogP contribution in [0, 0.1) is 6.92 Å². The van der Waals surface area contributed by atoms with E-state index in [0.29, 0.717) is 28.5 Å². The number of amides is 1. The van der Waals surface area contributed by atoms with Crippen LogP contribution in [0.1, 0.15) is 37.6 Å². The van der Waals surface area contributed by atoms with E-state index in [1.807, 2.05) is 26.0 Å². The summed E-state index contributed by atoms with van der Waals surface area (Å²) in [4.78, 5) is 33.7. The minimum atomic E-state index is -0.134. The first-order valence-corrected chi connectivity index (χ1v) is 10.6. The van der Waals surface area contributed by atoms with Gasteiger partial charge < -0.3 is 4.98 Å². The van der Waals surface area contributed by atoms with E-state index in [1.165, 1.54) is 23.1 Å². The molecule has 0 atom stereocenters. The SMILES string of the molecule is CCC(=O)N(c1nnc(SCc2nc3c(C)cccc3c(=O)[nH]2)s1)C1CC1. The highest BCUT2D eigenvalue weighted by Gasteiger charge is 2.35. The number of anilines is 1. The van der Waals surface area contributed by atoms with Gasteiger partial charge >= 0.3 is 0 Å². The van der Waals surface area contributed by atoms with Gasteiger partial charge in [-0.2, -0.15) is 0 Å². The number of nitrogens with one attached hydrogen (secondary N) is 1. The average Bonchev–Trinajstić information content (AvgIpc) is 3.38. The van der Waals surface area contributed by atoms with Crippen LogP contribution in [0.4, 0.5) is 5.13 Å². The smallest absolute Gasteiger partial charge is 0.258 e. The van der Waals surface area contributed by atoms with Crippen molar-refractivity contribution in [3.63, 3.8) is 0 Å². The van der Waals surface area contributed by atoms with Gasteiger partial charge in [0.2, 0.25) is 11.0 Å². The number of thioether (sulfide) groups is 1. The van der Waals surface area contributed by atoms with Crippen LogP contribution in [0.15, 0.2) is 27.3 Å². The number of rotatable bonds is 6. The Kier molecular flexibility index (Phi) is 4.96. The van der Waals surface area contributed by atoms with Crippen molar-refractivity contribution in [2.75, 3.05) is 4.90 Å². The molecule has 27 heavy (non-hydrogen) atoms. The van der Waals surface area contributed by atoms with Crippen molar-refractivity contribution >= 4 is 45.0 Å². The van der Waals surface area contributed by atoms with Crippen molar-refractivity contribution in [3.8, 4) is 0 Å². The summed E-state index contributed by atoms with van der Waals surface area (Å²) in [5, 5.41) is 9.65. The maximum atomic E-state index is 12.3. The molecule has 1 aliphatic carbocycles. The third-order valence-corrected chi connectivity index (χ3v) is 6.47. The lowest BCUT2D eigenvalue weighted by Gasteiger charge is -2.17. The van der Waals surface area contributed by atoms with E-state index < -0.39 is 0 Å². The molecule has 1 fully saturated rings. The van der Waals surface area contributed by atoms with Gasteiger partial charge in [0.1, 0.15) is 5.82 Å². The van der Waals surface area contributed by atoms with E-state index in [0.717, 1.165) is 28.3 Å². The number of para-hydroxylation sites is 1. The van der Waals surface area contributed by atoms with Crippen molar-refractivity contribution in [3.05, 3.63) is 39.9 Å². The highest BCUT2D eigenvalue weighted by atomic mass is 32.2. The fourth-order valence-corrected chi connectivity index (χ4v) is 4.68. The van der Waals surface area contributed by atoms with Gasteiger partial charge in [-0.1, -0.05) is 42.2 Å². The Morgan fingerprint density at radius 1 is 1.37 bits per heavy atom. The molecule has 0 unspecified atom stereocenters. The molecule has 1 aromatic carbocycles. The topological polar surface area (TPSA) is 91.8 Å². The first kappa shape index (κ1) is 18.1. The lowest BCUT2D eigenvalue weighted by Crippen LogP contribution is -2.32. The molecule has 0 aliphatic heterocycles. The first-order chi connectivity index (χ1) is 13.1. The highest BCUT2D eigenvalue weighted by Crippen LogP contribution is 2.36. The third kappa shape index (κ3) is 3.74. The minimum absolute atomic E-state index is 0.0844. The molecule has 7 nitrogen and oxygen atoms in total. The van der Waals surface area contributed by atoms with Gasteiger partial charge in [-0.25, -0.2) is 4.98 Å². The van der Waals surface area contributed by atoms with Crippen LogP contribution in [0.25, 0.3) is 10.9 Å². The summed E-state index contributed by atoms with van der Waals surface area (Å²) < 4.78 is 0.757. The Hall–Kier alpha value is -2.26. The van der Waals surface area contributed by atoms with Crippen molar-refractivity contribution < 1.29 is 4.79 Å². The third-order valence-electron chi connectivity index (χ3n) is 4.40. The van der Waals surface area contributed by atoms with Crippen LogP contribution < -0.4 is 10.5 Å². The molecule has 9 heteroatoms. The van der Waals surface area contributed by atoms with Crippen LogP contribution in [0.5, 0.6) is 0 Å². The van der Waals surface area contributed by atoms with Crippen molar-refractivity contribution in [1.82, 2.24) is 20.2 Å². The van der Waals surface area contributed by atoms with Gasteiger partial charge in [-0.05, 0) is 31.4 Å². The monoisotopic (exact) mass is 401 g/mol. The number of hydrogen-bond acceptors (Lipinski definition) is 7. The zero-order valence-corrected chi connectivity index (χ0v) is 16.7. The Balaban J connectivity index is 1.52. The second kappa shape index (κ2) is 7.40. The first-order valence-electron chi connectivity index (χ1n) is 8.83.